The molecule has 0 aromatic heterocycles. The third-order valence-electron chi connectivity index (χ3n) is 3.45. The van der Waals surface area contributed by atoms with Crippen LogP contribution in [0.5, 0.6) is 0 Å². The quantitative estimate of drug-likeness (QED) is 0.392. The maximum Gasteiger partial charge on any atom is 0.306 e. The molecule has 0 bridgehead atoms. The van der Waals surface area contributed by atoms with E-state index in [1.165, 1.54) is 0 Å². The molecule has 0 saturated heterocycles. The highest BCUT2D eigenvalue weighted by Gasteiger charge is 2.35. The SMILES string of the molecule is CCNCC(=O)CC(COCC)(COCC)COC(=O)CCC(=O)O. The molecule has 0 aromatic rings. The van der Waals surface area contributed by atoms with E-state index in [0.29, 0.717) is 19.8 Å². The Balaban J connectivity index is 4.92. The van der Waals surface area contributed by atoms with Crippen LogP contribution in [-0.2, 0) is 28.6 Å². The molecule has 2 N–H and O–H groups in total. The minimum atomic E-state index is -1.06. The Morgan fingerprint density at radius 2 is 1.56 bits per heavy atom. The van der Waals surface area contributed by atoms with Gasteiger partial charge in [0, 0.05) is 19.6 Å². The summed E-state index contributed by atoms with van der Waals surface area (Å²) >= 11 is 0. The maximum atomic E-state index is 12.2. The lowest BCUT2D eigenvalue weighted by Crippen LogP contribution is -2.41. The predicted octanol–water partition coefficient (Wildman–Crippen LogP) is 1.02. The number of hydrogen-bond acceptors (Lipinski definition) is 7. The van der Waals surface area contributed by atoms with Crippen LogP contribution in [-0.4, -0.2) is 69.0 Å². The standard InChI is InChI=1S/C17H31NO7/c1-4-18-10-14(19)9-17(11-23-5-2,12-24-6-3)13-25-16(22)8-7-15(20)21/h18H,4-13H2,1-3H3,(H,20,21). The molecular formula is C17H31NO7. The highest BCUT2D eigenvalue weighted by Crippen LogP contribution is 2.25. The lowest BCUT2D eigenvalue weighted by molar-refractivity contribution is -0.155. The van der Waals surface area contributed by atoms with Gasteiger partial charge in [-0.1, -0.05) is 6.92 Å². The normalized spacial score (nSPS) is 11.3. The van der Waals surface area contributed by atoms with Crippen LogP contribution < -0.4 is 5.32 Å². The van der Waals surface area contributed by atoms with Crippen molar-refractivity contribution in [1.82, 2.24) is 5.32 Å². The zero-order valence-corrected chi connectivity index (χ0v) is 15.5. The van der Waals surface area contributed by atoms with Crippen molar-refractivity contribution in [3.8, 4) is 0 Å². The van der Waals surface area contributed by atoms with Crippen LogP contribution in [0.3, 0.4) is 0 Å². The summed E-state index contributed by atoms with van der Waals surface area (Å²) in [6.45, 7) is 7.79. The van der Waals surface area contributed by atoms with Gasteiger partial charge in [-0.3, -0.25) is 14.4 Å². The Hall–Kier alpha value is -1.51. The van der Waals surface area contributed by atoms with Crippen LogP contribution in [0.2, 0.25) is 0 Å². The Bertz CT molecular complexity index is 404. The van der Waals surface area contributed by atoms with Gasteiger partial charge in [-0.2, -0.15) is 0 Å². The number of carbonyl (C=O) groups is 3. The van der Waals surface area contributed by atoms with Crippen molar-refractivity contribution in [2.24, 2.45) is 5.41 Å². The van der Waals surface area contributed by atoms with Crippen LogP contribution in [0.4, 0.5) is 0 Å². The van der Waals surface area contributed by atoms with Crippen molar-refractivity contribution in [2.45, 2.75) is 40.0 Å². The molecule has 0 radical (unpaired) electrons. The monoisotopic (exact) mass is 361 g/mol. The summed E-state index contributed by atoms with van der Waals surface area (Å²) in [5.74, 6) is -1.70. The highest BCUT2D eigenvalue weighted by molar-refractivity contribution is 5.81. The Kier molecular flexibility index (Phi) is 12.9. The number of carbonyl (C=O) groups excluding carboxylic acids is 2. The van der Waals surface area contributed by atoms with Gasteiger partial charge < -0.3 is 24.6 Å². The van der Waals surface area contributed by atoms with Crippen molar-refractivity contribution >= 4 is 17.7 Å². The molecular weight excluding hydrogens is 330 g/mol. The molecule has 0 rings (SSSR count). The first-order valence-electron chi connectivity index (χ1n) is 8.64. The number of ether oxygens (including phenoxy) is 3. The number of Topliss-reactive ketones (excluding diaryl/α,β-unsaturated/α-hetero) is 1. The van der Waals surface area contributed by atoms with Crippen LogP contribution in [0.15, 0.2) is 0 Å². The number of aliphatic carboxylic acids is 1. The summed E-state index contributed by atoms with van der Waals surface area (Å²) in [5, 5.41) is 11.6. The molecule has 0 heterocycles. The lowest BCUT2D eigenvalue weighted by atomic mass is 9.85. The molecule has 0 fully saturated rings. The second-order valence-electron chi connectivity index (χ2n) is 5.82. The number of carboxylic acids is 1. The number of nitrogens with one attached hydrogen (secondary N) is 1. The Labute approximate surface area is 149 Å². The summed E-state index contributed by atoms with van der Waals surface area (Å²) < 4.78 is 16.2. The van der Waals surface area contributed by atoms with E-state index in [9.17, 15) is 14.4 Å². The number of likely N-dealkylation sites (N-methyl/N-ethyl adjacent to an activating group) is 1. The number of hydrogen-bond donors (Lipinski definition) is 2. The van der Waals surface area contributed by atoms with Crippen LogP contribution in [0.1, 0.15) is 40.0 Å². The Morgan fingerprint density at radius 1 is 0.960 bits per heavy atom. The van der Waals surface area contributed by atoms with Crippen molar-refractivity contribution in [2.75, 3.05) is 46.1 Å². The summed E-state index contributed by atoms with van der Waals surface area (Å²) in [6, 6.07) is 0. The first-order valence-corrected chi connectivity index (χ1v) is 8.64. The fraction of sp³-hybridized carbons (Fsp3) is 0.824. The number of ketones is 1. The van der Waals surface area contributed by atoms with Crippen LogP contribution in [0.25, 0.3) is 0 Å². The van der Waals surface area contributed by atoms with Gasteiger partial charge in [0.2, 0.25) is 0 Å². The van der Waals surface area contributed by atoms with Gasteiger partial charge in [0.1, 0.15) is 12.4 Å². The van der Waals surface area contributed by atoms with Crippen molar-refractivity contribution < 1.29 is 33.7 Å². The predicted molar refractivity (Wildman–Crippen MR) is 91.4 cm³/mol. The molecule has 0 saturated carbocycles. The van der Waals surface area contributed by atoms with Gasteiger partial charge in [-0.05, 0) is 20.4 Å². The maximum absolute atomic E-state index is 12.2. The van der Waals surface area contributed by atoms with Crippen molar-refractivity contribution in [3.05, 3.63) is 0 Å². The second-order valence-corrected chi connectivity index (χ2v) is 5.82. The molecule has 0 aliphatic rings. The van der Waals surface area contributed by atoms with Gasteiger partial charge >= 0.3 is 11.9 Å². The van der Waals surface area contributed by atoms with E-state index < -0.39 is 17.4 Å². The third kappa shape index (κ3) is 11.6. The summed E-state index contributed by atoms with van der Waals surface area (Å²) in [5.41, 5.74) is -0.780. The summed E-state index contributed by atoms with van der Waals surface area (Å²) in [4.78, 5) is 34.5. The van der Waals surface area contributed by atoms with E-state index in [4.69, 9.17) is 19.3 Å². The van der Waals surface area contributed by atoms with Gasteiger partial charge in [-0.15, -0.1) is 0 Å². The average Bonchev–Trinajstić information content (AvgIpc) is 2.59. The number of esters is 1. The van der Waals surface area contributed by atoms with E-state index in [2.05, 4.69) is 5.32 Å². The van der Waals surface area contributed by atoms with Gasteiger partial charge in [0.05, 0.1) is 38.0 Å². The molecule has 8 heteroatoms. The van der Waals surface area contributed by atoms with Gasteiger partial charge in [0.25, 0.3) is 0 Å². The lowest BCUT2D eigenvalue weighted by Gasteiger charge is -2.32. The van der Waals surface area contributed by atoms with E-state index in [1.807, 2.05) is 20.8 Å². The fourth-order valence-corrected chi connectivity index (χ4v) is 2.18. The molecule has 25 heavy (non-hydrogen) atoms. The average molecular weight is 361 g/mol. The molecule has 146 valence electrons. The van der Waals surface area contributed by atoms with Crippen LogP contribution >= 0.6 is 0 Å². The molecule has 0 amide bonds. The largest absolute Gasteiger partial charge is 0.481 e. The fourth-order valence-electron chi connectivity index (χ4n) is 2.18. The van der Waals surface area contributed by atoms with Crippen molar-refractivity contribution in [1.29, 1.82) is 0 Å². The second kappa shape index (κ2) is 13.7. The van der Waals surface area contributed by atoms with E-state index in [-0.39, 0.29) is 51.4 Å². The summed E-state index contributed by atoms with van der Waals surface area (Å²) in [7, 11) is 0. The summed E-state index contributed by atoms with van der Waals surface area (Å²) in [6.07, 6.45) is -0.353. The molecule has 0 aliphatic heterocycles. The molecule has 0 unspecified atom stereocenters. The minimum Gasteiger partial charge on any atom is -0.481 e. The topological polar surface area (TPSA) is 111 Å². The number of carboxylic acid groups (broad SMARTS) is 1. The highest BCUT2D eigenvalue weighted by atomic mass is 16.5. The van der Waals surface area contributed by atoms with E-state index >= 15 is 0 Å². The number of rotatable bonds is 16. The zero-order valence-electron chi connectivity index (χ0n) is 15.5. The molecule has 0 aliphatic carbocycles. The molecule has 0 atom stereocenters. The first kappa shape index (κ1) is 23.5. The third-order valence-corrected chi connectivity index (χ3v) is 3.45. The van der Waals surface area contributed by atoms with Crippen LogP contribution in [0, 0.1) is 5.41 Å². The van der Waals surface area contributed by atoms with E-state index in [1.54, 1.807) is 0 Å². The van der Waals surface area contributed by atoms with E-state index in [0.717, 1.165) is 0 Å². The molecule has 8 nitrogen and oxygen atoms in total. The Morgan fingerprint density at radius 3 is 2.04 bits per heavy atom. The zero-order chi connectivity index (χ0) is 19.1. The van der Waals surface area contributed by atoms with Crippen molar-refractivity contribution in [3.63, 3.8) is 0 Å². The van der Waals surface area contributed by atoms with Gasteiger partial charge in [-0.25, -0.2) is 0 Å². The molecule has 0 spiro atoms. The minimum absolute atomic E-state index is 0.0251. The van der Waals surface area contributed by atoms with Gasteiger partial charge in [0.15, 0.2) is 0 Å². The molecule has 0 aromatic carbocycles. The first-order chi connectivity index (χ1) is 11.9. The smallest absolute Gasteiger partial charge is 0.306 e.